The van der Waals surface area contributed by atoms with Crippen molar-refractivity contribution in [3.8, 4) is 0 Å². The van der Waals surface area contributed by atoms with E-state index in [0.29, 0.717) is 12.4 Å². The molecule has 1 fully saturated rings. The van der Waals surface area contributed by atoms with Gasteiger partial charge in [-0.05, 0) is 20.3 Å². The lowest BCUT2D eigenvalue weighted by atomic mass is 10.00. The molecule has 0 saturated carbocycles. The summed E-state index contributed by atoms with van der Waals surface area (Å²) in [6.07, 6.45) is 0.640. The Morgan fingerprint density at radius 2 is 2.08 bits per heavy atom. The summed E-state index contributed by atoms with van der Waals surface area (Å²) >= 11 is 0. The molecule has 0 radical (unpaired) electrons. The number of amides is 1. The van der Waals surface area contributed by atoms with Crippen molar-refractivity contribution < 1.29 is 4.79 Å². The molecule has 1 amide bonds. The number of H-pyrrole nitrogens is 1. The maximum atomic E-state index is 12.4. The third kappa shape index (κ3) is 3.04. The van der Waals surface area contributed by atoms with Crippen molar-refractivity contribution in [2.24, 2.45) is 7.05 Å². The van der Waals surface area contributed by atoms with Gasteiger partial charge in [0.1, 0.15) is 11.9 Å². The summed E-state index contributed by atoms with van der Waals surface area (Å²) in [6.45, 7) is 8.04. The predicted molar refractivity (Wildman–Crippen MR) is 89.2 cm³/mol. The Hall–Kier alpha value is -2.26. The molecule has 9 heteroatoms. The minimum atomic E-state index is -0.352. The normalized spacial score (nSPS) is 20.8. The molecular weight excluding hydrogens is 308 g/mol. The van der Waals surface area contributed by atoms with Crippen LogP contribution in [-0.4, -0.2) is 36.9 Å². The molecule has 0 bridgehead atoms. The lowest BCUT2D eigenvalue weighted by molar-refractivity contribution is -0.117. The van der Waals surface area contributed by atoms with Crippen molar-refractivity contribution in [3.05, 3.63) is 22.8 Å². The number of rotatable bonds is 4. The summed E-state index contributed by atoms with van der Waals surface area (Å²) in [4.78, 5) is 16.7. The van der Waals surface area contributed by atoms with Crippen molar-refractivity contribution in [3.63, 3.8) is 0 Å². The highest BCUT2D eigenvalue weighted by Gasteiger charge is 2.33. The summed E-state index contributed by atoms with van der Waals surface area (Å²) in [5.74, 6) is 1.14. The van der Waals surface area contributed by atoms with Crippen LogP contribution in [0.25, 0.3) is 0 Å². The predicted octanol–water partition coefficient (Wildman–Crippen LogP) is 0.825. The van der Waals surface area contributed by atoms with Crippen LogP contribution in [0.3, 0.4) is 0 Å². The van der Waals surface area contributed by atoms with Crippen LogP contribution >= 0.6 is 0 Å². The highest BCUT2D eigenvalue weighted by atomic mass is 16.2. The molecule has 4 N–H and O–H groups in total. The van der Waals surface area contributed by atoms with E-state index >= 15 is 0 Å². The van der Waals surface area contributed by atoms with Gasteiger partial charge in [-0.25, -0.2) is 10.9 Å². The fraction of sp³-hybridized carbons (Fsp3) is 0.600. The van der Waals surface area contributed by atoms with Crippen LogP contribution in [0.15, 0.2) is 0 Å². The van der Waals surface area contributed by atoms with Crippen molar-refractivity contribution in [1.29, 1.82) is 0 Å². The summed E-state index contributed by atoms with van der Waals surface area (Å²) in [5.41, 5.74) is 9.47. The van der Waals surface area contributed by atoms with Crippen LogP contribution in [0.5, 0.6) is 0 Å². The van der Waals surface area contributed by atoms with Crippen molar-refractivity contribution >= 4 is 11.9 Å². The number of nitrogens with zero attached hydrogens (tertiary/aromatic N) is 4. The van der Waals surface area contributed by atoms with Gasteiger partial charge in [0, 0.05) is 24.2 Å². The molecule has 2 unspecified atom stereocenters. The van der Waals surface area contributed by atoms with Gasteiger partial charge in [-0.2, -0.15) is 10.1 Å². The van der Waals surface area contributed by atoms with E-state index in [1.54, 1.807) is 0 Å². The van der Waals surface area contributed by atoms with Crippen LogP contribution in [0, 0.1) is 13.8 Å². The zero-order valence-electron chi connectivity index (χ0n) is 14.6. The van der Waals surface area contributed by atoms with E-state index in [1.165, 1.54) is 0 Å². The van der Waals surface area contributed by atoms with E-state index in [0.717, 1.165) is 22.8 Å². The van der Waals surface area contributed by atoms with Crippen molar-refractivity contribution in [2.45, 2.75) is 52.1 Å². The number of aromatic amines is 1. The van der Waals surface area contributed by atoms with Gasteiger partial charge in [0.25, 0.3) is 0 Å². The second kappa shape index (κ2) is 6.33. The number of aryl methyl sites for hydroxylation is 2. The van der Waals surface area contributed by atoms with Gasteiger partial charge < -0.3 is 0 Å². The average molecular weight is 332 g/mol. The first kappa shape index (κ1) is 16.6. The maximum Gasteiger partial charge on any atom is 0.248 e. The number of hydrogen-bond acceptors (Lipinski definition) is 6. The number of hydrogen-bond donors (Lipinski definition) is 4. The van der Waals surface area contributed by atoms with Gasteiger partial charge in [-0.3, -0.25) is 19.9 Å². The Morgan fingerprint density at radius 1 is 1.33 bits per heavy atom. The average Bonchev–Trinajstić information content (AvgIpc) is 3.20. The second-order valence-electron chi connectivity index (χ2n) is 6.53. The minimum Gasteiger partial charge on any atom is -0.292 e. The number of carbonyl (C=O) groups excluding carboxylic acids is 1. The van der Waals surface area contributed by atoms with E-state index in [4.69, 9.17) is 0 Å². The topological polar surface area (TPSA) is 113 Å². The van der Waals surface area contributed by atoms with Crippen LogP contribution in [0.1, 0.15) is 55.0 Å². The molecule has 2 atom stereocenters. The molecule has 2 aromatic rings. The summed E-state index contributed by atoms with van der Waals surface area (Å²) in [6, 6.07) is -0.303. The van der Waals surface area contributed by atoms with Crippen LogP contribution in [0.4, 0.5) is 5.95 Å². The molecule has 24 heavy (non-hydrogen) atoms. The molecule has 1 aliphatic heterocycles. The summed E-state index contributed by atoms with van der Waals surface area (Å²) in [7, 11) is 1.92. The zero-order chi connectivity index (χ0) is 17.4. The van der Waals surface area contributed by atoms with Crippen molar-refractivity contribution in [1.82, 2.24) is 35.8 Å². The first-order valence-corrected chi connectivity index (χ1v) is 8.11. The Kier molecular flexibility index (Phi) is 4.37. The number of carbonyl (C=O) groups is 1. The molecule has 0 aromatic carbocycles. The van der Waals surface area contributed by atoms with Gasteiger partial charge in [0.05, 0.1) is 11.7 Å². The van der Waals surface area contributed by atoms with E-state index in [1.807, 2.05) is 39.4 Å². The van der Waals surface area contributed by atoms with Gasteiger partial charge in [-0.15, -0.1) is 5.10 Å². The standard InChI is InChI=1S/C15H24N8O/c1-7(2)13-16-15(21-20-13)17-14(24)11-6-10(18-19-11)12-8(3)22-23(5)9(12)4/h7,10-11,18-19H,6H2,1-5H3,(H2,16,17,20,21,24). The Morgan fingerprint density at radius 3 is 2.67 bits per heavy atom. The number of aromatic nitrogens is 5. The lowest BCUT2D eigenvalue weighted by Gasteiger charge is -2.10. The van der Waals surface area contributed by atoms with Gasteiger partial charge in [-0.1, -0.05) is 13.8 Å². The van der Waals surface area contributed by atoms with E-state index in [2.05, 4.69) is 36.4 Å². The Bertz CT molecular complexity index is 747. The third-order valence-electron chi connectivity index (χ3n) is 4.42. The minimum absolute atomic E-state index is 0.0489. The molecule has 1 aliphatic rings. The highest BCUT2D eigenvalue weighted by molar-refractivity contribution is 5.93. The molecule has 2 aromatic heterocycles. The fourth-order valence-corrected chi connectivity index (χ4v) is 3.00. The Balaban J connectivity index is 1.65. The molecule has 3 rings (SSSR count). The van der Waals surface area contributed by atoms with Crippen LogP contribution in [-0.2, 0) is 11.8 Å². The van der Waals surface area contributed by atoms with E-state index in [9.17, 15) is 4.79 Å². The zero-order valence-corrected chi connectivity index (χ0v) is 14.6. The van der Waals surface area contributed by atoms with Crippen LogP contribution < -0.4 is 16.2 Å². The first-order chi connectivity index (χ1) is 11.4. The number of hydrazine groups is 1. The van der Waals surface area contributed by atoms with Gasteiger partial charge >= 0.3 is 0 Å². The third-order valence-corrected chi connectivity index (χ3v) is 4.42. The highest BCUT2D eigenvalue weighted by Crippen LogP contribution is 2.27. The van der Waals surface area contributed by atoms with Gasteiger partial charge in [0.2, 0.25) is 11.9 Å². The van der Waals surface area contributed by atoms with E-state index in [-0.39, 0.29) is 23.9 Å². The first-order valence-electron chi connectivity index (χ1n) is 8.11. The Labute approximate surface area is 140 Å². The fourth-order valence-electron chi connectivity index (χ4n) is 3.00. The molecule has 3 heterocycles. The van der Waals surface area contributed by atoms with Gasteiger partial charge in [0.15, 0.2) is 0 Å². The summed E-state index contributed by atoms with van der Waals surface area (Å²) in [5, 5.41) is 14.0. The van der Waals surface area contributed by atoms with Crippen LogP contribution in [0.2, 0.25) is 0 Å². The molecule has 9 nitrogen and oxygen atoms in total. The molecular formula is C15H24N8O. The lowest BCUT2D eigenvalue weighted by Crippen LogP contribution is -2.39. The molecule has 130 valence electrons. The monoisotopic (exact) mass is 332 g/mol. The van der Waals surface area contributed by atoms with Crippen molar-refractivity contribution in [2.75, 3.05) is 5.32 Å². The number of anilines is 1. The molecule has 1 saturated heterocycles. The summed E-state index contributed by atoms with van der Waals surface area (Å²) < 4.78 is 1.86. The smallest absolute Gasteiger partial charge is 0.248 e. The maximum absolute atomic E-state index is 12.4. The SMILES string of the molecule is Cc1nn(C)c(C)c1C1CC(C(=O)Nc2n[nH]c(C(C)C)n2)NN1. The quantitative estimate of drug-likeness (QED) is 0.659. The second-order valence-corrected chi connectivity index (χ2v) is 6.53. The van der Waals surface area contributed by atoms with E-state index < -0.39 is 0 Å². The molecule has 0 aliphatic carbocycles. The number of nitrogens with one attached hydrogen (secondary N) is 4. The largest absolute Gasteiger partial charge is 0.292 e. The molecule has 0 spiro atoms.